The molecule has 116 valence electrons. The van der Waals surface area contributed by atoms with Crippen LogP contribution in [-0.2, 0) is 6.54 Å². The lowest BCUT2D eigenvalue weighted by atomic mass is 10.2. The normalized spacial score (nSPS) is 10.3. The van der Waals surface area contributed by atoms with E-state index in [1.54, 1.807) is 16.9 Å². The van der Waals surface area contributed by atoms with Gasteiger partial charge in [-0.3, -0.25) is 9.48 Å². The van der Waals surface area contributed by atoms with Crippen LogP contribution in [0.5, 0.6) is 0 Å². The van der Waals surface area contributed by atoms with Crippen LogP contribution in [0.4, 0.5) is 11.4 Å². The average Bonchev–Trinajstić information content (AvgIpc) is 2.87. The van der Waals surface area contributed by atoms with E-state index >= 15 is 0 Å². The number of nitrogens with one attached hydrogen (secondary N) is 2. The van der Waals surface area contributed by atoms with Gasteiger partial charge in [0.05, 0.1) is 5.69 Å². The number of carbonyl (C=O) groups excluding carboxylic acids is 1. The number of anilines is 2. The highest BCUT2D eigenvalue weighted by Crippen LogP contribution is 2.23. The molecule has 2 rings (SSSR count). The first kappa shape index (κ1) is 16.3. The number of primary amides is 1. The van der Waals surface area contributed by atoms with E-state index in [0.717, 1.165) is 11.3 Å². The van der Waals surface area contributed by atoms with Gasteiger partial charge in [-0.1, -0.05) is 17.7 Å². The molecule has 0 bridgehead atoms. The Morgan fingerprint density at radius 1 is 1.41 bits per heavy atom. The molecule has 22 heavy (non-hydrogen) atoms. The van der Waals surface area contributed by atoms with Crippen LogP contribution in [0.2, 0.25) is 5.02 Å². The minimum Gasteiger partial charge on any atom is -0.364 e. The second-order valence-corrected chi connectivity index (χ2v) is 5.42. The summed E-state index contributed by atoms with van der Waals surface area (Å²) in [5, 5.41) is 11.0. The Bertz CT molecular complexity index is 728. The van der Waals surface area contributed by atoms with Crippen LogP contribution in [0.15, 0.2) is 24.4 Å². The summed E-state index contributed by atoms with van der Waals surface area (Å²) in [5.41, 5.74) is 7.60. The molecule has 0 spiro atoms. The van der Waals surface area contributed by atoms with Crippen molar-refractivity contribution in [3.63, 3.8) is 0 Å². The average molecular weight is 338 g/mol. The number of nitrogens with zero attached hydrogens (tertiary/aromatic N) is 2. The standard InChI is InChI=1S/C14H16ClN5OS/c1-3-20-7-11(12(19-20)13(16)21)18-14(22)17-10-6-4-5-9(15)8(10)2/h4-7H,3H2,1-2H3,(H2,16,21)(H2,17,18,22). The number of rotatable bonds is 4. The van der Waals surface area contributed by atoms with Gasteiger partial charge in [0.25, 0.3) is 5.91 Å². The van der Waals surface area contributed by atoms with Crippen LogP contribution >= 0.6 is 23.8 Å². The molecule has 0 unspecified atom stereocenters. The number of hydrogen-bond acceptors (Lipinski definition) is 3. The number of aromatic nitrogens is 2. The number of carbonyl (C=O) groups is 1. The predicted molar refractivity (Wildman–Crippen MR) is 92.5 cm³/mol. The highest BCUT2D eigenvalue weighted by Gasteiger charge is 2.15. The Morgan fingerprint density at radius 3 is 2.73 bits per heavy atom. The van der Waals surface area contributed by atoms with Crippen LogP contribution in [0.1, 0.15) is 23.0 Å². The molecule has 0 fully saturated rings. The number of amides is 1. The van der Waals surface area contributed by atoms with Gasteiger partial charge >= 0.3 is 0 Å². The van der Waals surface area contributed by atoms with Gasteiger partial charge in [0.1, 0.15) is 0 Å². The van der Waals surface area contributed by atoms with Crippen LogP contribution in [0.25, 0.3) is 0 Å². The predicted octanol–water partition coefficient (Wildman–Crippen LogP) is 2.77. The third-order valence-electron chi connectivity index (χ3n) is 3.08. The Morgan fingerprint density at radius 2 is 2.09 bits per heavy atom. The topological polar surface area (TPSA) is 85.0 Å². The van der Waals surface area contributed by atoms with Crippen molar-refractivity contribution in [2.24, 2.45) is 5.73 Å². The maximum absolute atomic E-state index is 11.4. The lowest BCUT2D eigenvalue weighted by Crippen LogP contribution is -2.22. The molecule has 0 atom stereocenters. The number of hydrogen-bond donors (Lipinski definition) is 3. The molecule has 6 nitrogen and oxygen atoms in total. The monoisotopic (exact) mass is 337 g/mol. The molecule has 8 heteroatoms. The zero-order valence-corrected chi connectivity index (χ0v) is 13.8. The number of benzene rings is 1. The summed E-state index contributed by atoms with van der Waals surface area (Å²) in [7, 11) is 0. The van der Waals surface area contributed by atoms with Crippen LogP contribution < -0.4 is 16.4 Å². The molecular formula is C14H16ClN5OS. The molecule has 4 N–H and O–H groups in total. The minimum atomic E-state index is -0.614. The molecule has 0 radical (unpaired) electrons. The molecule has 0 aliphatic carbocycles. The fourth-order valence-corrected chi connectivity index (χ4v) is 2.27. The van der Waals surface area contributed by atoms with Crippen molar-refractivity contribution >= 4 is 46.2 Å². The number of halogens is 1. The third-order valence-corrected chi connectivity index (χ3v) is 3.70. The molecular weight excluding hydrogens is 322 g/mol. The van der Waals surface area contributed by atoms with Gasteiger partial charge in [0, 0.05) is 23.5 Å². The maximum Gasteiger partial charge on any atom is 0.271 e. The van der Waals surface area contributed by atoms with Gasteiger partial charge in [-0.05, 0) is 43.8 Å². The zero-order chi connectivity index (χ0) is 16.3. The van der Waals surface area contributed by atoms with Gasteiger partial charge < -0.3 is 16.4 Å². The summed E-state index contributed by atoms with van der Waals surface area (Å²) in [6.45, 7) is 4.42. The summed E-state index contributed by atoms with van der Waals surface area (Å²) in [5.74, 6) is -0.614. The molecule has 0 aliphatic heterocycles. The van der Waals surface area contributed by atoms with Gasteiger partial charge in [0.15, 0.2) is 10.8 Å². The summed E-state index contributed by atoms with van der Waals surface area (Å²) < 4.78 is 1.61. The first-order chi connectivity index (χ1) is 10.4. The second kappa shape index (κ2) is 6.76. The quantitative estimate of drug-likeness (QED) is 0.747. The fourth-order valence-electron chi connectivity index (χ4n) is 1.88. The van der Waals surface area contributed by atoms with E-state index in [9.17, 15) is 4.79 Å². The van der Waals surface area contributed by atoms with Crippen molar-refractivity contribution in [2.45, 2.75) is 20.4 Å². The van der Waals surface area contributed by atoms with Crippen molar-refractivity contribution in [1.82, 2.24) is 9.78 Å². The van der Waals surface area contributed by atoms with Gasteiger partial charge in [-0.2, -0.15) is 5.10 Å². The Kier molecular flexibility index (Phi) is 4.99. The molecule has 1 amide bonds. The number of aryl methyl sites for hydroxylation is 1. The number of thiocarbonyl (C=S) groups is 1. The lowest BCUT2D eigenvalue weighted by Gasteiger charge is -2.12. The smallest absolute Gasteiger partial charge is 0.271 e. The van der Waals surface area contributed by atoms with E-state index in [2.05, 4.69) is 15.7 Å². The molecule has 1 heterocycles. The van der Waals surface area contributed by atoms with Crippen LogP contribution in [0, 0.1) is 6.92 Å². The van der Waals surface area contributed by atoms with E-state index < -0.39 is 5.91 Å². The Hall–Kier alpha value is -2.12. The molecule has 0 saturated carbocycles. The van der Waals surface area contributed by atoms with E-state index in [0.29, 0.717) is 22.4 Å². The van der Waals surface area contributed by atoms with Crippen molar-refractivity contribution in [1.29, 1.82) is 0 Å². The van der Waals surface area contributed by atoms with E-state index in [1.807, 2.05) is 26.0 Å². The molecule has 1 aromatic carbocycles. The first-order valence-corrected chi connectivity index (χ1v) is 7.41. The van der Waals surface area contributed by atoms with Gasteiger partial charge in [-0.15, -0.1) is 0 Å². The molecule has 1 aromatic heterocycles. The largest absolute Gasteiger partial charge is 0.364 e. The SMILES string of the molecule is CCn1cc(NC(=S)Nc2cccc(Cl)c2C)c(C(N)=O)n1. The van der Waals surface area contributed by atoms with Crippen molar-refractivity contribution in [3.05, 3.63) is 40.7 Å². The van der Waals surface area contributed by atoms with Crippen molar-refractivity contribution < 1.29 is 4.79 Å². The van der Waals surface area contributed by atoms with Crippen molar-refractivity contribution in [3.8, 4) is 0 Å². The molecule has 2 aromatic rings. The van der Waals surface area contributed by atoms with Crippen LogP contribution in [0.3, 0.4) is 0 Å². The van der Waals surface area contributed by atoms with E-state index in [4.69, 9.17) is 29.6 Å². The summed E-state index contributed by atoms with van der Waals surface area (Å²) in [6.07, 6.45) is 1.68. The lowest BCUT2D eigenvalue weighted by molar-refractivity contribution is 0.0995. The fraction of sp³-hybridized carbons (Fsp3) is 0.214. The minimum absolute atomic E-state index is 0.147. The Labute approximate surface area is 138 Å². The van der Waals surface area contributed by atoms with Crippen LogP contribution in [-0.4, -0.2) is 20.8 Å². The summed E-state index contributed by atoms with van der Waals surface area (Å²) in [4.78, 5) is 11.4. The van der Waals surface area contributed by atoms with Crippen molar-refractivity contribution in [2.75, 3.05) is 10.6 Å². The van der Waals surface area contributed by atoms with E-state index in [-0.39, 0.29) is 5.69 Å². The van der Waals surface area contributed by atoms with E-state index in [1.165, 1.54) is 0 Å². The highest BCUT2D eigenvalue weighted by molar-refractivity contribution is 7.80. The molecule has 0 saturated heterocycles. The summed E-state index contributed by atoms with van der Waals surface area (Å²) in [6, 6.07) is 5.49. The van der Waals surface area contributed by atoms with Gasteiger partial charge in [-0.25, -0.2) is 0 Å². The summed E-state index contributed by atoms with van der Waals surface area (Å²) >= 11 is 11.3. The Balaban J connectivity index is 2.17. The third kappa shape index (κ3) is 3.55. The number of nitrogens with two attached hydrogens (primary N) is 1. The molecule has 0 aliphatic rings. The van der Waals surface area contributed by atoms with Gasteiger partial charge in [0.2, 0.25) is 0 Å². The maximum atomic E-state index is 11.4. The highest BCUT2D eigenvalue weighted by atomic mass is 35.5. The second-order valence-electron chi connectivity index (χ2n) is 4.60. The zero-order valence-electron chi connectivity index (χ0n) is 12.2. The first-order valence-electron chi connectivity index (χ1n) is 6.62.